The molecule has 0 unspecified atom stereocenters. The fourth-order valence-corrected chi connectivity index (χ4v) is 2.98. The van der Waals surface area contributed by atoms with Crippen LogP contribution in [0.2, 0.25) is 5.02 Å². The normalized spacial score (nSPS) is 12.0. The number of carbonyl (C=O) groups excluding carboxylic acids is 1. The summed E-state index contributed by atoms with van der Waals surface area (Å²) in [7, 11) is 0. The van der Waals surface area contributed by atoms with Gasteiger partial charge in [0.25, 0.3) is 5.91 Å². The lowest BCUT2D eigenvalue weighted by Crippen LogP contribution is -2.20. The van der Waals surface area contributed by atoms with Crippen LogP contribution in [-0.2, 0) is 10.8 Å². The molecule has 0 fully saturated rings. The Balaban J connectivity index is 2.52. The van der Waals surface area contributed by atoms with Crippen molar-refractivity contribution in [3.8, 4) is 5.75 Å². The van der Waals surface area contributed by atoms with E-state index < -0.39 is 11.9 Å². The molecule has 0 saturated heterocycles. The predicted octanol–water partition coefficient (Wildman–Crippen LogP) is 5.59. The highest BCUT2D eigenvalue weighted by atomic mass is 35.5. The standard InChI is InChI=1S/C22H26ClNO4/c1-21(2,3)13-10-14(18(25)15(11-13)22(4,5)6)19(26)24-17-8-7-12(20(27)28)9-16(17)23/h7-11,25H,1-6H3,(H,24,26)(H,27,28). The topological polar surface area (TPSA) is 86.6 Å². The molecule has 1 amide bonds. The number of amides is 1. The Hall–Kier alpha value is -2.53. The van der Waals surface area contributed by atoms with Crippen molar-refractivity contribution >= 4 is 29.2 Å². The minimum atomic E-state index is -1.11. The zero-order valence-electron chi connectivity index (χ0n) is 17.0. The van der Waals surface area contributed by atoms with Crippen LogP contribution in [0.3, 0.4) is 0 Å². The molecule has 2 rings (SSSR count). The molecule has 0 saturated carbocycles. The van der Waals surface area contributed by atoms with Gasteiger partial charge in [0.05, 0.1) is 21.8 Å². The number of aromatic hydroxyl groups is 1. The third-order valence-corrected chi connectivity index (χ3v) is 4.81. The van der Waals surface area contributed by atoms with Crippen LogP contribution in [-0.4, -0.2) is 22.1 Å². The van der Waals surface area contributed by atoms with Gasteiger partial charge in [0.15, 0.2) is 0 Å². The van der Waals surface area contributed by atoms with Crippen LogP contribution in [0.5, 0.6) is 5.75 Å². The SMILES string of the molecule is CC(C)(C)c1cc(C(=O)Nc2ccc(C(=O)O)cc2Cl)c(O)c(C(C)(C)C)c1. The van der Waals surface area contributed by atoms with Gasteiger partial charge in [-0.05, 0) is 40.7 Å². The van der Waals surface area contributed by atoms with Crippen molar-refractivity contribution in [1.82, 2.24) is 0 Å². The first-order chi connectivity index (χ1) is 12.7. The Morgan fingerprint density at radius 2 is 1.57 bits per heavy atom. The highest BCUT2D eigenvalue weighted by molar-refractivity contribution is 6.34. The molecule has 0 aliphatic rings. The number of nitrogens with one attached hydrogen (secondary N) is 1. The molecule has 0 aromatic heterocycles. The van der Waals surface area contributed by atoms with Gasteiger partial charge in [0.2, 0.25) is 0 Å². The van der Waals surface area contributed by atoms with Gasteiger partial charge < -0.3 is 15.5 Å². The number of carbonyl (C=O) groups is 2. The van der Waals surface area contributed by atoms with E-state index in [-0.39, 0.29) is 38.4 Å². The number of hydrogen-bond donors (Lipinski definition) is 3. The summed E-state index contributed by atoms with van der Waals surface area (Å²) < 4.78 is 0. The van der Waals surface area contributed by atoms with E-state index in [9.17, 15) is 14.7 Å². The number of phenolic OH excluding ortho intramolecular Hbond substituents is 1. The van der Waals surface area contributed by atoms with Gasteiger partial charge in [-0.3, -0.25) is 4.79 Å². The first kappa shape index (κ1) is 21.8. The summed E-state index contributed by atoms with van der Waals surface area (Å²) in [4.78, 5) is 24.0. The highest BCUT2D eigenvalue weighted by Gasteiger charge is 2.27. The molecule has 0 spiro atoms. The molecular formula is C22H26ClNO4. The van der Waals surface area contributed by atoms with Gasteiger partial charge in [-0.2, -0.15) is 0 Å². The molecule has 0 atom stereocenters. The summed E-state index contributed by atoms with van der Waals surface area (Å²) >= 11 is 6.11. The number of hydrogen-bond acceptors (Lipinski definition) is 3. The van der Waals surface area contributed by atoms with Crippen molar-refractivity contribution < 1.29 is 19.8 Å². The van der Waals surface area contributed by atoms with Gasteiger partial charge >= 0.3 is 5.97 Å². The molecule has 28 heavy (non-hydrogen) atoms. The van der Waals surface area contributed by atoms with Crippen LogP contribution >= 0.6 is 11.6 Å². The van der Waals surface area contributed by atoms with Crippen molar-refractivity contribution in [2.75, 3.05) is 5.32 Å². The number of aromatic carboxylic acids is 1. The van der Waals surface area contributed by atoms with Gasteiger partial charge in [-0.25, -0.2) is 4.79 Å². The average Bonchev–Trinajstić information content (AvgIpc) is 2.54. The summed E-state index contributed by atoms with van der Waals surface area (Å²) in [5, 5.41) is 22.6. The van der Waals surface area contributed by atoms with E-state index >= 15 is 0 Å². The Kier molecular flexibility index (Phi) is 5.81. The second-order valence-corrected chi connectivity index (χ2v) is 9.28. The van der Waals surface area contributed by atoms with Crippen molar-refractivity contribution in [1.29, 1.82) is 0 Å². The van der Waals surface area contributed by atoms with Crippen LogP contribution in [0.4, 0.5) is 5.69 Å². The molecule has 0 bridgehead atoms. The zero-order chi connectivity index (χ0) is 21.4. The number of benzene rings is 2. The maximum absolute atomic E-state index is 12.9. The van der Waals surface area contributed by atoms with Crippen molar-refractivity contribution in [2.45, 2.75) is 52.4 Å². The minimum absolute atomic E-state index is 0.0237. The fraction of sp³-hybridized carbons (Fsp3) is 0.364. The third-order valence-electron chi connectivity index (χ3n) is 4.49. The van der Waals surface area contributed by atoms with Crippen LogP contribution in [0, 0.1) is 0 Å². The van der Waals surface area contributed by atoms with E-state index in [2.05, 4.69) is 5.32 Å². The Morgan fingerprint density at radius 1 is 0.964 bits per heavy atom. The van der Waals surface area contributed by atoms with Crippen LogP contribution in [0.1, 0.15) is 73.4 Å². The van der Waals surface area contributed by atoms with Gasteiger partial charge in [0.1, 0.15) is 5.75 Å². The molecule has 0 radical (unpaired) electrons. The third kappa shape index (κ3) is 4.65. The Labute approximate surface area is 170 Å². The monoisotopic (exact) mass is 403 g/mol. The average molecular weight is 404 g/mol. The molecule has 150 valence electrons. The second kappa shape index (κ2) is 7.47. The lowest BCUT2D eigenvalue weighted by molar-refractivity contribution is 0.0696. The number of carboxylic acids is 1. The quantitative estimate of drug-likeness (QED) is 0.623. The first-order valence-electron chi connectivity index (χ1n) is 8.94. The Morgan fingerprint density at radius 3 is 2.04 bits per heavy atom. The van der Waals surface area contributed by atoms with Crippen LogP contribution in [0.15, 0.2) is 30.3 Å². The summed E-state index contributed by atoms with van der Waals surface area (Å²) in [6.45, 7) is 12.0. The molecule has 3 N–H and O–H groups in total. The van der Waals surface area contributed by atoms with E-state index in [0.29, 0.717) is 5.56 Å². The maximum atomic E-state index is 12.9. The van der Waals surface area contributed by atoms with Crippen molar-refractivity contribution in [3.63, 3.8) is 0 Å². The molecule has 0 aliphatic carbocycles. The second-order valence-electron chi connectivity index (χ2n) is 8.87. The molecule has 6 heteroatoms. The predicted molar refractivity (Wildman–Crippen MR) is 112 cm³/mol. The van der Waals surface area contributed by atoms with Crippen molar-refractivity contribution in [2.24, 2.45) is 0 Å². The summed E-state index contributed by atoms with van der Waals surface area (Å²) in [6.07, 6.45) is 0. The van der Waals surface area contributed by atoms with Crippen LogP contribution in [0.25, 0.3) is 0 Å². The molecule has 2 aromatic rings. The van der Waals surface area contributed by atoms with Crippen LogP contribution < -0.4 is 5.32 Å². The summed E-state index contributed by atoms with van der Waals surface area (Å²) in [5.74, 6) is -1.69. The number of carboxylic acid groups (broad SMARTS) is 1. The zero-order valence-corrected chi connectivity index (χ0v) is 17.7. The fourth-order valence-electron chi connectivity index (χ4n) is 2.75. The van der Waals surface area contributed by atoms with E-state index in [1.54, 1.807) is 6.07 Å². The minimum Gasteiger partial charge on any atom is -0.507 e. The van der Waals surface area contributed by atoms with Gasteiger partial charge in [0, 0.05) is 5.56 Å². The first-order valence-corrected chi connectivity index (χ1v) is 9.32. The largest absolute Gasteiger partial charge is 0.507 e. The maximum Gasteiger partial charge on any atom is 0.335 e. The number of phenols is 1. The Bertz CT molecular complexity index is 937. The molecule has 2 aromatic carbocycles. The van der Waals surface area contributed by atoms with E-state index in [1.807, 2.05) is 47.6 Å². The smallest absolute Gasteiger partial charge is 0.335 e. The highest BCUT2D eigenvalue weighted by Crippen LogP contribution is 2.38. The van der Waals surface area contributed by atoms with Crippen molar-refractivity contribution in [3.05, 3.63) is 57.6 Å². The number of anilines is 1. The van der Waals surface area contributed by atoms with Gasteiger partial charge in [-0.15, -0.1) is 0 Å². The number of halogens is 1. The summed E-state index contributed by atoms with van der Waals surface area (Å²) in [6, 6.07) is 7.67. The molecule has 0 aliphatic heterocycles. The molecular weight excluding hydrogens is 378 g/mol. The van der Waals surface area contributed by atoms with E-state index in [1.165, 1.54) is 18.2 Å². The number of rotatable bonds is 3. The molecule has 0 heterocycles. The lowest BCUT2D eigenvalue weighted by atomic mass is 9.79. The summed E-state index contributed by atoms with van der Waals surface area (Å²) in [5.41, 5.74) is 1.47. The lowest BCUT2D eigenvalue weighted by Gasteiger charge is -2.27. The van der Waals surface area contributed by atoms with E-state index in [4.69, 9.17) is 16.7 Å². The molecule has 5 nitrogen and oxygen atoms in total. The van der Waals surface area contributed by atoms with Gasteiger partial charge in [-0.1, -0.05) is 59.2 Å². The van der Waals surface area contributed by atoms with E-state index in [0.717, 1.165) is 5.56 Å².